The molecule has 0 unspecified atom stereocenters. The van der Waals surface area contributed by atoms with Gasteiger partial charge in [-0.15, -0.1) is 0 Å². The minimum absolute atomic E-state index is 0.162. The standard InChI is InChI=1S/C13H17N5O2S/c1-17-7-4-14-13(17)21-8-11(19)18-5-2-10(3-6-18)12-15-9-20-16-12/h4,7,9-10H,2-3,5-6,8H2,1H3. The van der Waals surface area contributed by atoms with E-state index in [2.05, 4.69) is 15.1 Å². The van der Waals surface area contributed by atoms with Crippen molar-refractivity contribution in [2.75, 3.05) is 18.8 Å². The Balaban J connectivity index is 1.48. The Kier molecular flexibility index (Phi) is 4.23. The summed E-state index contributed by atoms with van der Waals surface area (Å²) in [7, 11) is 1.93. The maximum absolute atomic E-state index is 12.2. The number of hydrogen-bond acceptors (Lipinski definition) is 6. The second-order valence-electron chi connectivity index (χ2n) is 5.05. The lowest BCUT2D eigenvalue weighted by molar-refractivity contribution is -0.129. The molecular formula is C13H17N5O2S. The number of amides is 1. The molecule has 1 saturated heterocycles. The molecule has 2 aromatic rings. The molecule has 8 heteroatoms. The van der Waals surface area contributed by atoms with E-state index < -0.39 is 0 Å². The molecule has 3 rings (SSSR count). The average molecular weight is 307 g/mol. The number of rotatable bonds is 4. The highest BCUT2D eigenvalue weighted by molar-refractivity contribution is 7.99. The normalized spacial score (nSPS) is 16.3. The van der Waals surface area contributed by atoms with Crippen LogP contribution >= 0.6 is 11.8 Å². The predicted octanol–water partition coefficient (Wildman–Crippen LogP) is 1.30. The minimum atomic E-state index is 0.162. The largest absolute Gasteiger partial charge is 0.343 e. The van der Waals surface area contributed by atoms with E-state index in [1.165, 1.54) is 18.2 Å². The van der Waals surface area contributed by atoms with Crippen LogP contribution in [0.25, 0.3) is 0 Å². The summed E-state index contributed by atoms with van der Waals surface area (Å²) in [6, 6.07) is 0. The summed E-state index contributed by atoms with van der Waals surface area (Å²) in [5, 5.41) is 4.75. The van der Waals surface area contributed by atoms with Gasteiger partial charge in [-0.1, -0.05) is 16.9 Å². The van der Waals surface area contributed by atoms with Crippen LogP contribution in [0.4, 0.5) is 0 Å². The molecule has 0 aliphatic carbocycles. The molecule has 3 heterocycles. The average Bonchev–Trinajstić information content (AvgIpc) is 3.17. The summed E-state index contributed by atoms with van der Waals surface area (Å²) in [5.74, 6) is 1.65. The van der Waals surface area contributed by atoms with E-state index in [0.29, 0.717) is 11.7 Å². The van der Waals surface area contributed by atoms with Crippen LogP contribution in [0.5, 0.6) is 0 Å². The van der Waals surface area contributed by atoms with Gasteiger partial charge in [0.2, 0.25) is 12.3 Å². The minimum Gasteiger partial charge on any atom is -0.343 e. The Labute approximate surface area is 126 Å². The molecule has 0 N–H and O–H groups in total. The van der Waals surface area contributed by atoms with Gasteiger partial charge in [-0.3, -0.25) is 4.79 Å². The second kappa shape index (κ2) is 6.30. The van der Waals surface area contributed by atoms with Gasteiger partial charge < -0.3 is 14.0 Å². The van der Waals surface area contributed by atoms with Crippen molar-refractivity contribution >= 4 is 17.7 Å². The fourth-order valence-electron chi connectivity index (χ4n) is 2.45. The maximum Gasteiger partial charge on any atom is 0.233 e. The quantitative estimate of drug-likeness (QED) is 0.792. The Morgan fingerprint density at radius 2 is 2.24 bits per heavy atom. The third-order valence-corrected chi connectivity index (χ3v) is 4.74. The van der Waals surface area contributed by atoms with Crippen LogP contribution in [0.2, 0.25) is 0 Å². The summed E-state index contributed by atoms with van der Waals surface area (Å²) < 4.78 is 6.70. The number of carbonyl (C=O) groups is 1. The SMILES string of the molecule is Cn1ccnc1SCC(=O)N1CCC(c2ncon2)CC1. The number of carbonyl (C=O) groups excluding carboxylic acids is 1. The fraction of sp³-hybridized carbons (Fsp3) is 0.538. The molecule has 1 amide bonds. The number of nitrogens with zero attached hydrogens (tertiary/aromatic N) is 5. The van der Waals surface area contributed by atoms with Crippen LogP contribution in [0, 0.1) is 0 Å². The van der Waals surface area contributed by atoms with E-state index >= 15 is 0 Å². The van der Waals surface area contributed by atoms with Gasteiger partial charge in [0.1, 0.15) is 0 Å². The lowest BCUT2D eigenvalue weighted by Gasteiger charge is -2.30. The van der Waals surface area contributed by atoms with Crippen LogP contribution < -0.4 is 0 Å². The van der Waals surface area contributed by atoms with Crippen LogP contribution in [-0.2, 0) is 11.8 Å². The van der Waals surface area contributed by atoms with Gasteiger partial charge in [0, 0.05) is 38.4 Å². The van der Waals surface area contributed by atoms with Crippen molar-refractivity contribution in [3.8, 4) is 0 Å². The van der Waals surface area contributed by atoms with Crippen molar-refractivity contribution in [3.05, 3.63) is 24.6 Å². The molecule has 0 radical (unpaired) electrons. The molecule has 21 heavy (non-hydrogen) atoms. The van der Waals surface area contributed by atoms with E-state index in [9.17, 15) is 4.79 Å². The summed E-state index contributed by atoms with van der Waals surface area (Å²) >= 11 is 1.47. The van der Waals surface area contributed by atoms with E-state index in [1.807, 2.05) is 22.7 Å². The molecule has 1 aliphatic heterocycles. The van der Waals surface area contributed by atoms with Crippen molar-refractivity contribution < 1.29 is 9.32 Å². The van der Waals surface area contributed by atoms with Crippen LogP contribution in [-0.4, -0.2) is 49.3 Å². The van der Waals surface area contributed by atoms with E-state index in [-0.39, 0.29) is 5.91 Å². The van der Waals surface area contributed by atoms with Gasteiger partial charge in [0.15, 0.2) is 11.0 Å². The number of likely N-dealkylation sites (tertiary alicyclic amines) is 1. The van der Waals surface area contributed by atoms with Crippen LogP contribution in [0.1, 0.15) is 24.6 Å². The summed E-state index contributed by atoms with van der Waals surface area (Å²) in [4.78, 5) is 22.4. The molecule has 2 aromatic heterocycles. The second-order valence-corrected chi connectivity index (χ2v) is 6.00. The Hall–Kier alpha value is -1.83. The zero-order valence-electron chi connectivity index (χ0n) is 11.8. The molecule has 0 aromatic carbocycles. The summed E-state index contributed by atoms with van der Waals surface area (Å²) in [6.07, 6.45) is 6.75. The first-order chi connectivity index (χ1) is 10.2. The highest BCUT2D eigenvalue weighted by Crippen LogP contribution is 2.26. The summed E-state index contributed by atoms with van der Waals surface area (Å²) in [6.45, 7) is 1.50. The van der Waals surface area contributed by atoms with Gasteiger partial charge in [-0.25, -0.2) is 4.98 Å². The predicted molar refractivity (Wildman–Crippen MR) is 76.8 cm³/mol. The fourth-order valence-corrected chi connectivity index (χ4v) is 3.29. The van der Waals surface area contributed by atoms with Gasteiger partial charge in [-0.05, 0) is 12.8 Å². The zero-order valence-corrected chi connectivity index (χ0v) is 12.6. The highest BCUT2D eigenvalue weighted by Gasteiger charge is 2.26. The van der Waals surface area contributed by atoms with E-state index in [0.717, 1.165) is 36.9 Å². The molecule has 112 valence electrons. The van der Waals surface area contributed by atoms with Crippen LogP contribution in [0.3, 0.4) is 0 Å². The molecule has 0 atom stereocenters. The Morgan fingerprint density at radius 1 is 1.43 bits per heavy atom. The van der Waals surface area contributed by atoms with Crippen LogP contribution in [0.15, 0.2) is 28.5 Å². The Morgan fingerprint density at radius 3 is 2.86 bits per heavy atom. The van der Waals surface area contributed by atoms with Gasteiger partial charge >= 0.3 is 0 Å². The van der Waals surface area contributed by atoms with Crippen molar-refractivity contribution in [2.24, 2.45) is 7.05 Å². The van der Waals surface area contributed by atoms with Crippen molar-refractivity contribution in [1.29, 1.82) is 0 Å². The van der Waals surface area contributed by atoms with Crippen molar-refractivity contribution in [1.82, 2.24) is 24.6 Å². The molecular weight excluding hydrogens is 290 g/mol. The zero-order chi connectivity index (χ0) is 14.7. The highest BCUT2D eigenvalue weighted by atomic mass is 32.2. The van der Waals surface area contributed by atoms with Crippen molar-refractivity contribution in [2.45, 2.75) is 23.9 Å². The number of imidazole rings is 1. The first-order valence-corrected chi connectivity index (χ1v) is 7.87. The number of aromatic nitrogens is 4. The summed E-state index contributed by atoms with van der Waals surface area (Å²) in [5.41, 5.74) is 0. The topological polar surface area (TPSA) is 77.0 Å². The first-order valence-electron chi connectivity index (χ1n) is 6.88. The van der Waals surface area contributed by atoms with E-state index in [4.69, 9.17) is 4.52 Å². The van der Waals surface area contributed by atoms with Gasteiger partial charge in [-0.2, -0.15) is 4.98 Å². The Bertz CT molecular complexity index is 589. The lowest BCUT2D eigenvalue weighted by atomic mass is 9.96. The van der Waals surface area contributed by atoms with E-state index in [1.54, 1.807) is 6.20 Å². The first kappa shape index (κ1) is 14.1. The maximum atomic E-state index is 12.2. The van der Waals surface area contributed by atoms with Crippen molar-refractivity contribution in [3.63, 3.8) is 0 Å². The molecule has 0 spiro atoms. The number of aryl methyl sites for hydroxylation is 1. The molecule has 1 fully saturated rings. The molecule has 0 saturated carbocycles. The number of piperidine rings is 1. The third-order valence-electron chi connectivity index (χ3n) is 3.69. The number of hydrogen-bond donors (Lipinski definition) is 0. The lowest BCUT2D eigenvalue weighted by Crippen LogP contribution is -2.39. The molecule has 0 bridgehead atoms. The number of thioether (sulfide) groups is 1. The molecule has 1 aliphatic rings. The monoisotopic (exact) mass is 307 g/mol. The van der Waals surface area contributed by atoms with Gasteiger partial charge in [0.25, 0.3) is 0 Å². The molecule has 7 nitrogen and oxygen atoms in total. The smallest absolute Gasteiger partial charge is 0.233 e. The third kappa shape index (κ3) is 3.26. The van der Waals surface area contributed by atoms with Gasteiger partial charge in [0.05, 0.1) is 5.75 Å².